The molecule has 1 heterocycles. The molecule has 3 aromatic rings. The van der Waals surface area contributed by atoms with E-state index < -0.39 is 27.5 Å². The van der Waals surface area contributed by atoms with Crippen LogP contribution in [0.4, 0.5) is 5.69 Å². The number of pyridine rings is 1. The van der Waals surface area contributed by atoms with Crippen LogP contribution >= 0.6 is 0 Å². The van der Waals surface area contributed by atoms with Gasteiger partial charge in [0.15, 0.2) is 0 Å². The van der Waals surface area contributed by atoms with Gasteiger partial charge in [-0.25, -0.2) is 13.2 Å². The monoisotopic (exact) mass is 485 g/mol. The van der Waals surface area contributed by atoms with Crippen LogP contribution in [0.1, 0.15) is 48.4 Å². The summed E-state index contributed by atoms with van der Waals surface area (Å²) in [4.78, 5) is 39.8. The van der Waals surface area contributed by atoms with Crippen LogP contribution in [0.15, 0.2) is 58.2 Å². The van der Waals surface area contributed by atoms with Crippen molar-refractivity contribution in [1.82, 2.24) is 9.29 Å². The van der Waals surface area contributed by atoms with E-state index >= 15 is 0 Å². The first kappa shape index (κ1) is 25.1. The van der Waals surface area contributed by atoms with Gasteiger partial charge in [0, 0.05) is 35.7 Å². The molecule has 0 aliphatic carbocycles. The second-order valence-corrected chi connectivity index (χ2v) is 9.77. The van der Waals surface area contributed by atoms with Crippen LogP contribution in [-0.4, -0.2) is 48.8 Å². The molecule has 0 fully saturated rings. The highest BCUT2D eigenvalue weighted by molar-refractivity contribution is 7.89. The van der Waals surface area contributed by atoms with E-state index in [1.807, 2.05) is 0 Å². The summed E-state index contributed by atoms with van der Waals surface area (Å²) in [5.74, 6) is -1.07. The van der Waals surface area contributed by atoms with Crippen molar-refractivity contribution in [2.45, 2.75) is 38.7 Å². The maximum atomic E-state index is 13.0. The number of H-pyrrole nitrogens is 1. The lowest BCUT2D eigenvalue weighted by atomic mass is 10.1. The predicted octanol–water partition coefficient (Wildman–Crippen LogP) is 3.38. The van der Waals surface area contributed by atoms with Gasteiger partial charge in [0.05, 0.1) is 22.1 Å². The summed E-state index contributed by atoms with van der Waals surface area (Å²) >= 11 is 0. The first-order valence-corrected chi connectivity index (χ1v) is 12.3. The van der Waals surface area contributed by atoms with Crippen LogP contribution in [-0.2, 0) is 14.8 Å². The molecular formula is C24H27N3O6S. The van der Waals surface area contributed by atoms with Gasteiger partial charge in [-0.15, -0.1) is 0 Å². The predicted molar refractivity (Wildman–Crippen MR) is 130 cm³/mol. The molecule has 34 heavy (non-hydrogen) atoms. The smallest absolute Gasteiger partial charge is 0.338 e. The van der Waals surface area contributed by atoms with Crippen molar-refractivity contribution in [2.75, 3.05) is 18.4 Å². The Labute approximate surface area is 197 Å². The van der Waals surface area contributed by atoms with Crippen molar-refractivity contribution >= 4 is 38.5 Å². The van der Waals surface area contributed by atoms with Gasteiger partial charge >= 0.3 is 5.97 Å². The molecule has 0 spiro atoms. The Morgan fingerprint density at radius 2 is 1.68 bits per heavy atom. The third kappa shape index (κ3) is 5.35. The van der Waals surface area contributed by atoms with Crippen molar-refractivity contribution in [3.8, 4) is 0 Å². The van der Waals surface area contributed by atoms with E-state index in [1.165, 1.54) is 34.6 Å². The molecule has 0 aliphatic heterocycles. The number of aromatic amines is 1. The lowest BCUT2D eigenvalue weighted by Crippen LogP contribution is -2.30. The van der Waals surface area contributed by atoms with E-state index in [0.29, 0.717) is 35.2 Å². The molecule has 0 saturated carbocycles. The molecule has 0 radical (unpaired) electrons. The van der Waals surface area contributed by atoms with Gasteiger partial charge in [-0.2, -0.15) is 4.31 Å². The minimum atomic E-state index is -3.76. The fourth-order valence-electron chi connectivity index (χ4n) is 3.46. The minimum Gasteiger partial charge on any atom is -0.459 e. The van der Waals surface area contributed by atoms with Gasteiger partial charge in [0.2, 0.25) is 15.6 Å². The summed E-state index contributed by atoms with van der Waals surface area (Å²) in [6.45, 7) is 7.58. The van der Waals surface area contributed by atoms with E-state index in [2.05, 4.69) is 10.3 Å². The van der Waals surface area contributed by atoms with Crippen LogP contribution in [0.2, 0.25) is 0 Å². The molecule has 0 aliphatic rings. The quantitative estimate of drug-likeness (QED) is 0.471. The number of aromatic nitrogens is 1. The fraction of sp³-hybridized carbons (Fsp3) is 0.292. The summed E-state index contributed by atoms with van der Waals surface area (Å²) in [5.41, 5.74) is 0.594. The van der Waals surface area contributed by atoms with Gasteiger partial charge in [-0.05, 0) is 56.3 Å². The zero-order valence-electron chi connectivity index (χ0n) is 19.4. The van der Waals surface area contributed by atoms with Crippen molar-refractivity contribution in [3.05, 3.63) is 70.0 Å². The lowest BCUT2D eigenvalue weighted by Gasteiger charge is -2.19. The van der Waals surface area contributed by atoms with Crippen molar-refractivity contribution < 1.29 is 22.7 Å². The standard InChI is InChI=1S/C24H27N3O6S/c1-5-27(6-2)34(31,32)18-11-12-21-19(13-18)20(14-22(28)26-21)23(29)25-17-9-7-16(8-10-17)24(30)33-15(3)4/h7-15H,5-6H2,1-4H3,(H,25,29)(H,26,28). The molecule has 10 heteroatoms. The summed E-state index contributed by atoms with van der Waals surface area (Å²) < 4.78 is 32.3. The van der Waals surface area contributed by atoms with E-state index in [9.17, 15) is 22.8 Å². The summed E-state index contributed by atoms with van der Waals surface area (Å²) in [6, 6.07) is 11.5. The second-order valence-electron chi connectivity index (χ2n) is 7.83. The number of fused-ring (bicyclic) bond motifs is 1. The maximum Gasteiger partial charge on any atom is 0.338 e. The van der Waals surface area contributed by atoms with Crippen LogP contribution in [0.3, 0.4) is 0 Å². The second kappa shape index (κ2) is 10.2. The molecule has 9 nitrogen and oxygen atoms in total. The van der Waals surface area contributed by atoms with Gasteiger partial charge in [-0.3, -0.25) is 9.59 Å². The third-order valence-electron chi connectivity index (χ3n) is 5.12. The van der Waals surface area contributed by atoms with Crippen LogP contribution < -0.4 is 10.9 Å². The lowest BCUT2D eigenvalue weighted by molar-refractivity contribution is 0.0378. The highest BCUT2D eigenvalue weighted by Crippen LogP contribution is 2.23. The van der Waals surface area contributed by atoms with Gasteiger partial charge in [0.25, 0.3) is 5.91 Å². The average molecular weight is 486 g/mol. The number of benzene rings is 2. The summed E-state index contributed by atoms with van der Waals surface area (Å²) in [6.07, 6.45) is -0.258. The number of nitrogens with zero attached hydrogens (tertiary/aromatic N) is 1. The number of ether oxygens (including phenoxy) is 1. The summed E-state index contributed by atoms with van der Waals surface area (Å²) in [5, 5.41) is 2.98. The van der Waals surface area contributed by atoms with Crippen molar-refractivity contribution in [3.63, 3.8) is 0 Å². The molecule has 2 aromatic carbocycles. The highest BCUT2D eigenvalue weighted by Gasteiger charge is 2.23. The first-order chi connectivity index (χ1) is 16.1. The fourth-order valence-corrected chi connectivity index (χ4v) is 4.95. The molecule has 1 amide bonds. The largest absolute Gasteiger partial charge is 0.459 e. The van der Waals surface area contributed by atoms with E-state index in [0.717, 1.165) is 6.07 Å². The number of carbonyl (C=O) groups is 2. The molecule has 0 saturated heterocycles. The highest BCUT2D eigenvalue weighted by atomic mass is 32.2. The Balaban J connectivity index is 1.96. The van der Waals surface area contributed by atoms with E-state index in [-0.39, 0.29) is 16.6 Å². The minimum absolute atomic E-state index is 0.0258. The number of rotatable bonds is 8. The summed E-state index contributed by atoms with van der Waals surface area (Å²) in [7, 11) is -3.76. The Hall–Kier alpha value is -3.50. The Morgan fingerprint density at radius 3 is 2.26 bits per heavy atom. The molecule has 0 bridgehead atoms. The van der Waals surface area contributed by atoms with Gasteiger partial charge in [-0.1, -0.05) is 13.8 Å². The van der Waals surface area contributed by atoms with Gasteiger partial charge < -0.3 is 15.0 Å². The number of amides is 1. The zero-order chi connectivity index (χ0) is 25.0. The number of hydrogen-bond donors (Lipinski definition) is 2. The molecule has 2 N–H and O–H groups in total. The Bertz CT molecular complexity index is 1370. The maximum absolute atomic E-state index is 13.0. The molecule has 1 aromatic heterocycles. The number of nitrogens with one attached hydrogen (secondary N) is 2. The normalized spacial score (nSPS) is 11.7. The van der Waals surface area contributed by atoms with Crippen LogP contribution in [0.5, 0.6) is 0 Å². The number of carbonyl (C=O) groups excluding carboxylic acids is 2. The number of esters is 1. The first-order valence-electron chi connectivity index (χ1n) is 10.9. The molecule has 0 atom stereocenters. The topological polar surface area (TPSA) is 126 Å². The van der Waals surface area contributed by atoms with Gasteiger partial charge in [0.1, 0.15) is 0 Å². The number of anilines is 1. The Kier molecular flexibility index (Phi) is 7.53. The molecule has 3 rings (SSSR count). The zero-order valence-corrected chi connectivity index (χ0v) is 20.2. The van der Waals surface area contributed by atoms with Crippen molar-refractivity contribution in [2.24, 2.45) is 0 Å². The average Bonchev–Trinajstić information content (AvgIpc) is 2.78. The van der Waals surface area contributed by atoms with E-state index in [4.69, 9.17) is 4.74 Å². The number of hydrogen-bond acceptors (Lipinski definition) is 6. The third-order valence-corrected chi connectivity index (χ3v) is 7.17. The molecule has 180 valence electrons. The molecule has 0 unspecified atom stereocenters. The number of sulfonamides is 1. The van der Waals surface area contributed by atoms with Crippen LogP contribution in [0, 0.1) is 0 Å². The SMILES string of the molecule is CCN(CC)S(=O)(=O)c1ccc2[nH]c(=O)cc(C(=O)Nc3ccc(C(=O)OC(C)C)cc3)c2c1. The van der Waals surface area contributed by atoms with E-state index in [1.54, 1.807) is 39.8 Å². The van der Waals surface area contributed by atoms with Crippen LogP contribution in [0.25, 0.3) is 10.9 Å². The Morgan fingerprint density at radius 1 is 1.03 bits per heavy atom. The molecular weight excluding hydrogens is 458 g/mol. The van der Waals surface area contributed by atoms with Crippen molar-refractivity contribution in [1.29, 1.82) is 0 Å².